The molecule has 2 fully saturated rings. The lowest BCUT2D eigenvalue weighted by molar-refractivity contribution is 0.0496. The summed E-state index contributed by atoms with van der Waals surface area (Å²) in [6.07, 6.45) is 12.5. The second-order valence-electron chi connectivity index (χ2n) is 7.20. The van der Waals surface area contributed by atoms with Gasteiger partial charge in [0.25, 0.3) is 0 Å². The van der Waals surface area contributed by atoms with E-state index in [2.05, 4.69) is 31.0 Å². The Labute approximate surface area is 126 Å². The molecule has 1 heterocycles. The standard InChI is InChI=1S/C18H36N2/c1-4-13-19-16-7-9-17(10-8-16)20-14-11-18(5-2,6-3)12-15-20/h16-17,19H,4-15H2,1-3H3. The highest BCUT2D eigenvalue weighted by Gasteiger charge is 2.34. The molecule has 0 aromatic carbocycles. The summed E-state index contributed by atoms with van der Waals surface area (Å²) in [7, 11) is 0. The molecule has 2 aliphatic rings. The minimum Gasteiger partial charge on any atom is -0.314 e. The highest BCUT2D eigenvalue weighted by atomic mass is 15.2. The molecule has 0 spiro atoms. The Morgan fingerprint density at radius 2 is 1.55 bits per heavy atom. The van der Waals surface area contributed by atoms with Crippen molar-refractivity contribution in [2.75, 3.05) is 19.6 Å². The second kappa shape index (κ2) is 7.79. The van der Waals surface area contributed by atoms with E-state index in [1.165, 1.54) is 77.4 Å². The predicted octanol–water partition coefficient (Wildman–Crippen LogP) is 4.20. The third kappa shape index (κ3) is 3.98. The summed E-state index contributed by atoms with van der Waals surface area (Å²) in [5.74, 6) is 0. The summed E-state index contributed by atoms with van der Waals surface area (Å²) in [6, 6.07) is 1.70. The van der Waals surface area contributed by atoms with Crippen molar-refractivity contribution in [3.63, 3.8) is 0 Å². The van der Waals surface area contributed by atoms with Gasteiger partial charge in [-0.25, -0.2) is 0 Å². The predicted molar refractivity (Wildman–Crippen MR) is 88.2 cm³/mol. The molecule has 2 heteroatoms. The normalized spacial score (nSPS) is 31.4. The molecule has 1 saturated heterocycles. The number of nitrogens with zero attached hydrogens (tertiary/aromatic N) is 1. The Morgan fingerprint density at radius 3 is 2.05 bits per heavy atom. The third-order valence-electron chi connectivity index (χ3n) is 6.25. The van der Waals surface area contributed by atoms with Crippen LogP contribution < -0.4 is 5.32 Å². The van der Waals surface area contributed by atoms with Gasteiger partial charge in [-0.05, 0) is 70.0 Å². The maximum Gasteiger partial charge on any atom is 0.00964 e. The molecular weight excluding hydrogens is 244 g/mol. The lowest BCUT2D eigenvalue weighted by Gasteiger charge is -2.45. The first-order valence-corrected chi connectivity index (χ1v) is 9.20. The minimum absolute atomic E-state index is 0.677. The molecule has 2 nitrogen and oxygen atoms in total. The average molecular weight is 280 g/mol. The van der Waals surface area contributed by atoms with Crippen molar-refractivity contribution >= 4 is 0 Å². The van der Waals surface area contributed by atoms with Gasteiger partial charge in [-0.3, -0.25) is 0 Å². The molecule has 0 unspecified atom stereocenters. The van der Waals surface area contributed by atoms with E-state index in [-0.39, 0.29) is 0 Å². The van der Waals surface area contributed by atoms with E-state index in [0.29, 0.717) is 5.41 Å². The van der Waals surface area contributed by atoms with Crippen molar-refractivity contribution < 1.29 is 0 Å². The highest BCUT2D eigenvalue weighted by molar-refractivity contribution is 4.89. The fourth-order valence-electron chi connectivity index (χ4n) is 4.31. The number of hydrogen-bond acceptors (Lipinski definition) is 2. The fraction of sp³-hybridized carbons (Fsp3) is 1.00. The highest BCUT2D eigenvalue weighted by Crippen LogP contribution is 2.39. The maximum atomic E-state index is 3.71. The van der Waals surface area contributed by atoms with Crippen molar-refractivity contribution in [1.82, 2.24) is 10.2 Å². The molecule has 2 rings (SSSR count). The third-order valence-corrected chi connectivity index (χ3v) is 6.25. The zero-order chi connectivity index (χ0) is 14.4. The Balaban J connectivity index is 1.73. The first kappa shape index (κ1) is 16.3. The van der Waals surface area contributed by atoms with Crippen molar-refractivity contribution in [1.29, 1.82) is 0 Å². The number of likely N-dealkylation sites (tertiary alicyclic amines) is 1. The zero-order valence-corrected chi connectivity index (χ0v) is 14.1. The molecule has 1 N–H and O–H groups in total. The van der Waals surface area contributed by atoms with Crippen molar-refractivity contribution in [3.05, 3.63) is 0 Å². The van der Waals surface area contributed by atoms with Crippen LogP contribution in [0, 0.1) is 5.41 Å². The van der Waals surface area contributed by atoms with E-state index in [1.807, 2.05) is 0 Å². The average Bonchev–Trinajstić information content (AvgIpc) is 2.53. The van der Waals surface area contributed by atoms with Gasteiger partial charge in [-0.15, -0.1) is 0 Å². The lowest BCUT2D eigenvalue weighted by Crippen LogP contribution is -2.47. The Morgan fingerprint density at radius 1 is 0.950 bits per heavy atom. The Bertz CT molecular complexity index is 255. The summed E-state index contributed by atoms with van der Waals surface area (Å²) in [5.41, 5.74) is 0.677. The summed E-state index contributed by atoms with van der Waals surface area (Å²) >= 11 is 0. The molecular formula is C18H36N2. The van der Waals surface area contributed by atoms with Crippen LogP contribution in [0.4, 0.5) is 0 Å². The van der Waals surface area contributed by atoms with Gasteiger partial charge in [-0.2, -0.15) is 0 Å². The lowest BCUT2D eigenvalue weighted by atomic mass is 9.73. The van der Waals surface area contributed by atoms with Crippen LogP contribution in [0.3, 0.4) is 0 Å². The van der Waals surface area contributed by atoms with Gasteiger partial charge in [0.1, 0.15) is 0 Å². The maximum absolute atomic E-state index is 3.71. The Hall–Kier alpha value is -0.0800. The van der Waals surface area contributed by atoms with Crippen LogP contribution >= 0.6 is 0 Å². The van der Waals surface area contributed by atoms with E-state index in [0.717, 1.165) is 12.1 Å². The summed E-state index contributed by atoms with van der Waals surface area (Å²) in [5, 5.41) is 3.71. The first-order chi connectivity index (χ1) is 9.73. The number of hydrogen-bond donors (Lipinski definition) is 1. The van der Waals surface area contributed by atoms with E-state index < -0.39 is 0 Å². The first-order valence-electron chi connectivity index (χ1n) is 9.20. The zero-order valence-electron chi connectivity index (χ0n) is 14.1. The number of rotatable bonds is 6. The van der Waals surface area contributed by atoms with E-state index in [1.54, 1.807) is 0 Å². The molecule has 118 valence electrons. The molecule has 0 aromatic rings. The van der Waals surface area contributed by atoms with Crippen LogP contribution in [0.1, 0.15) is 78.6 Å². The number of nitrogens with one attached hydrogen (secondary N) is 1. The van der Waals surface area contributed by atoms with Gasteiger partial charge in [0.05, 0.1) is 0 Å². The van der Waals surface area contributed by atoms with Crippen molar-refractivity contribution in [2.45, 2.75) is 90.6 Å². The van der Waals surface area contributed by atoms with Gasteiger partial charge in [0.15, 0.2) is 0 Å². The van der Waals surface area contributed by atoms with E-state index in [9.17, 15) is 0 Å². The van der Waals surface area contributed by atoms with Crippen LogP contribution in [0.5, 0.6) is 0 Å². The van der Waals surface area contributed by atoms with Crippen LogP contribution in [-0.2, 0) is 0 Å². The van der Waals surface area contributed by atoms with Gasteiger partial charge in [0, 0.05) is 12.1 Å². The minimum atomic E-state index is 0.677. The summed E-state index contributed by atoms with van der Waals surface area (Å²) < 4.78 is 0. The molecule has 1 saturated carbocycles. The molecule has 1 aliphatic carbocycles. The van der Waals surface area contributed by atoms with Gasteiger partial charge < -0.3 is 10.2 Å². The van der Waals surface area contributed by atoms with Crippen LogP contribution in [0.25, 0.3) is 0 Å². The van der Waals surface area contributed by atoms with Crippen molar-refractivity contribution in [2.24, 2.45) is 5.41 Å². The molecule has 1 aliphatic heterocycles. The van der Waals surface area contributed by atoms with Crippen molar-refractivity contribution in [3.8, 4) is 0 Å². The quantitative estimate of drug-likeness (QED) is 0.784. The van der Waals surface area contributed by atoms with Gasteiger partial charge >= 0.3 is 0 Å². The molecule has 0 aromatic heterocycles. The monoisotopic (exact) mass is 280 g/mol. The topological polar surface area (TPSA) is 15.3 Å². The molecule has 0 radical (unpaired) electrons. The Kier molecular flexibility index (Phi) is 6.35. The largest absolute Gasteiger partial charge is 0.314 e. The molecule has 0 amide bonds. The van der Waals surface area contributed by atoms with E-state index in [4.69, 9.17) is 0 Å². The molecule has 0 atom stereocenters. The molecule has 20 heavy (non-hydrogen) atoms. The SMILES string of the molecule is CCCNC1CCC(N2CCC(CC)(CC)CC2)CC1. The number of piperidine rings is 1. The summed E-state index contributed by atoms with van der Waals surface area (Å²) in [4.78, 5) is 2.82. The van der Waals surface area contributed by atoms with Crippen LogP contribution in [0.15, 0.2) is 0 Å². The fourth-order valence-corrected chi connectivity index (χ4v) is 4.31. The smallest absolute Gasteiger partial charge is 0.00964 e. The van der Waals surface area contributed by atoms with Crippen LogP contribution in [0.2, 0.25) is 0 Å². The molecule has 0 bridgehead atoms. The second-order valence-corrected chi connectivity index (χ2v) is 7.20. The summed E-state index contributed by atoms with van der Waals surface area (Å²) in [6.45, 7) is 11.0. The van der Waals surface area contributed by atoms with Gasteiger partial charge in [-0.1, -0.05) is 33.6 Å². The van der Waals surface area contributed by atoms with E-state index >= 15 is 0 Å². The van der Waals surface area contributed by atoms with Gasteiger partial charge in [0.2, 0.25) is 0 Å². The van der Waals surface area contributed by atoms with Crippen LogP contribution in [-0.4, -0.2) is 36.6 Å².